The summed E-state index contributed by atoms with van der Waals surface area (Å²) in [7, 11) is 1.32. The zero-order valence-corrected chi connectivity index (χ0v) is 14.8. The first kappa shape index (κ1) is 19.2. The molecule has 1 aromatic carbocycles. The van der Waals surface area contributed by atoms with Crippen molar-refractivity contribution in [3.63, 3.8) is 0 Å². The molecular formula is C16H15F2N5O5. The minimum Gasteiger partial charge on any atom is -0.493 e. The van der Waals surface area contributed by atoms with Gasteiger partial charge in [-0.1, -0.05) is 0 Å². The second-order valence-electron chi connectivity index (χ2n) is 5.62. The van der Waals surface area contributed by atoms with Crippen LogP contribution < -0.4 is 9.47 Å². The van der Waals surface area contributed by atoms with Crippen LogP contribution >= 0.6 is 0 Å². The quantitative estimate of drug-likeness (QED) is 0.422. The van der Waals surface area contributed by atoms with Gasteiger partial charge in [-0.3, -0.25) is 0 Å². The van der Waals surface area contributed by atoms with Gasteiger partial charge in [0.2, 0.25) is 11.8 Å². The number of hydrogen-bond acceptors (Lipinski definition) is 8. The number of nitro groups is 1. The summed E-state index contributed by atoms with van der Waals surface area (Å²) in [4.78, 5) is 10.2. The Balaban J connectivity index is 1.72. The molecule has 0 saturated heterocycles. The molecule has 3 rings (SSSR count). The fourth-order valence-corrected chi connectivity index (χ4v) is 2.48. The molecular weight excluding hydrogens is 380 g/mol. The normalized spacial score (nSPS) is 11.0. The van der Waals surface area contributed by atoms with Gasteiger partial charge in [0.1, 0.15) is 0 Å². The number of aryl methyl sites for hydroxylation is 3. The molecule has 148 valence electrons. The van der Waals surface area contributed by atoms with Crippen LogP contribution in [0.3, 0.4) is 0 Å². The van der Waals surface area contributed by atoms with E-state index in [1.165, 1.54) is 36.1 Å². The van der Waals surface area contributed by atoms with Gasteiger partial charge in [0.25, 0.3) is 0 Å². The summed E-state index contributed by atoms with van der Waals surface area (Å²) in [6, 6.07) is 5.61. The third kappa shape index (κ3) is 4.22. The summed E-state index contributed by atoms with van der Waals surface area (Å²) in [5, 5.41) is 22.5. The Morgan fingerprint density at radius 2 is 2.07 bits per heavy atom. The Morgan fingerprint density at radius 1 is 1.29 bits per heavy atom. The first-order valence-electron chi connectivity index (χ1n) is 8.02. The van der Waals surface area contributed by atoms with Gasteiger partial charge in [0.15, 0.2) is 11.5 Å². The number of hydrogen-bond donors (Lipinski definition) is 0. The van der Waals surface area contributed by atoms with Crippen molar-refractivity contribution in [2.45, 2.75) is 26.5 Å². The highest BCUT2D eigenvalue weighted by atomic mass is 19.3. The molecule has 0 unspecified atom stereocenters. The predicted octanol–water partition coefficient (Wildman–Crippen LogP) is 3.00. The molecule has 28 heavy (non-hydrogen) atoms. The zero-order chi connectivity index (χ0) is 20.3. The maximum atomic E-state index is 12.4. The Hall–Kier alpha value is -3.57. The monoisotopic (exact) mass is 395 g/mol. The fourth-order valence-electron chi connectivity index (χ4n) is 2.48. The van der Waals surface area contributed by atoms with E-state index in [2.05, 4.69) is 20.0 Å². The smallest absolute Gasteiger partial charge is 0.390 e. The van der Waals surface area contributed by atoms with Crippen LogP contribution in [0.4, 0.5) is 14.6 Å². The highest BCUT2D eigenvalue weighted by molar-refractivity contribution is 5.59. The Labute approximate surface area is 156 Å². The summed E-state index contributed by atoms with van der Waals surface area (Å²) in [6.45, 7) is -0.961. The van der Waals surface area contributed by atoms with E-state index in [9.17, 15) is 18.9 Å². The van der Waals surface area contributed by atoms with Gasteiger partial charge in [-0.15, -0.1) is 10.2 Å². The van der Waals surface area contributed by atoms with Crippen molar-refractivity contribution in [3.8, 4) is 23.0 Å². The molecule has 0 amide bonds. The number of rotatable bonds is 8. The highest BCUT2D eigenvalue weighted by Crippen LogP contribution is 2.33. The minimum absolute atomic E-state index is 0.0945. The van der Waals surface area contributed by atoms with Crippen molar-refractivity contribution in [2.75, 3.05) is 7.11 Å². The number of aromatic nitrogens is 4. The van der Waals surface area contributed by atoms with Crippen LogP contribution in [0, 0.1) is 17.0 Å². The molecule has 0 N–H and O–H groups in total. The van der Waals surface area contributed by atoms with E-state index in [4.69, 9.17) is 9.15 Å². The van der Waals surface area contributed by atoms with Crippen molar-refractivity contribution in [3.05, 3.63) is 46.0 Å². The van der Waals surface area contributed by atoms with Crippen molar-refractivity contribution in [1.29, 1.82) is 0 Å². The van der Waals surface area contributed by atoms with Gasteiger partial charge in [-0.25, -0.2) is 0 Å². The molecule has 0 aliphatic carbocycles. The molecule has 0 saturated carbocycles. The van der Waals surface area contributed by atoms with E-state index in [0.29, 0.717) is 30.1 Å². The molecule has 0 spiro atoms. The molecule has 0 bridgehead atoms. The Kier molecular flexibility index (Phi) is 5.47. The second kappa shape index (κ2) is 7.98. The predicted molar refractivity (Wildman–Crippen MR) is 90.2 cm³/mol. The van der Waals surface area contributed by atoms with Gasteiger partial charge in [0, 0.05) is 12.0 Å². The molecule has 12 heteroatoms. The van der Waals surface area contributed by atoms with Crippen LogP contribution in [-0.2, 0) is 13.0 Å². The van der Waals surface area contributed by atoms with Crippen LogP contribution in [0.1, 0.15) is 11.6 Å². The summed E-state index contributed by atoms with van der Waals surface area (Å²) >= 11 is 0. The van der Waals surface area contributed by atoms with Gasteiger partial charge in [-0.05, 0) is 30.0 Å². The average Bonchev–Trinajstić information content (AvgIpc) is 3.26. The van der Waals surface area contributed by atoms with Crippen molar-refractivity contribution in [1.82, 2.24) is 20.0 Å². The summed E-state index contributed by atoms with van der Waals surface area (Å²) in [5.74, 6) is 0.204. The number of halogens is 2. The third-order valence-electron chi connectivity index (χ3n) is 3.79. The molecule has 2 heterocycles. The lowest BCUT2D eigenvalue weighted by molar-refractivity contribution is -0.389. The zero-order valence-electron chi connectivity index (χ0n) is 14.8. The maximum Gasteiger partial charge on any atom is 0.390 e. The molecule has 0 fully saturated rings. The third-order valence-corrected chi connectivity index (χ3v) is 3.79. The van der Waals surface area contributed by atoms with Gasteiger partial charge < -0.3 is 24.0 Å². The van der Waals surface area contributed by atoms with Gasteiger partial charge >= 0.3 is 12.4 Å². The average molecular weight is 395 g/mol. The lowest BCUT2D eigenvalue weighted by Crippen LogP contribution is -2.05. The number of benzene rings is 1. The van der Waals surface area contributed by atoms with E-state index in [1.807, 2.05) is 0 Å². The SMILES string of the molecule is COc1cc(-c2nnc(CCn3nc([N+](=O)[O-])cc3C)o2)ccc1OC(F)F. The van der Waals surface area contributed by atoms with Crippen LogP contribution in [-0.4, -0.2) is 38.6 Å². The molecule has 3 aromatic rings. The number of ether oxygens (including phenoxy) is 2. The Bertz CT molecular complexity index is 988. The molecule has 0 radical (unpaired) electrons. The van der Waals surface area contributed by atoms with Crippen molar-refractivity contribution >= 4 is 5.82 Å². The second-order valence-corrected chi connectivity index (χ2v) is 5.62. The maximum absolute atomic E-state index is 12.4. The van der Waals surface area contributed by atoms with Crippen LogP contribution in [0.15, 0.2) is 28.7 Å². The molecule has 0 atom stereocenters. The molecule has 10 nitrogen and oxygen atoms in total. The molecule has 0 aliphatic rings. The van der Waals surface area contributed by atoms with Gasteiger partial charge in [0.05, 0.1) is 30.5 Å². The van der Waals surface area contributed by atoms with E-state index in [0.717, 1.165) is 0 Å². The highest BCUT2D eigenvalue weighted by Gasteiger charge is 2.17. The summed E-state index contributed by atoms with van der Waals surface area (Å²) in [6.07, 6.45) is 0.302. The first-order chi connectivity index (χ1) is 13.4. The number of alkyl halides is 2. The van der Waals surface area contributed by atoms with E-state index in [-0.39, 0.29) is 23.2 Å². The van der Waals surface area contributed by atoms with Crippen LogP contribution in [0.25, 0.3) is 11.5 Å². The van der Waals surface area contributed by atoms with Crippen LogP contribution in [0.5, 0.6) is 11.5 Å². The lowest BCUT2D eigenvalue weighted by atomic mass is 10.2. The van der Waals surface area contributed by atoms with Gasteiger partial charge in [-0.2, -0.15) is 13.5 Å². The summed E-state index contributed by atoms with van der Waals surface area (Å²) in [5.41, 5.74) is 1.09. The Morgan fingerprint density at radius 3 is 2.71 bits per heavy atom. The first-order valence-corrected chi connectivity index (χ1v) is 8.02. The number of nitrogens with zero attached hydrogens (tertiary/aromatic N) is 5. The largest absolute Gasteiger partial charge is 0.493 e. The minimum atomic E-state index is -2.98. The molecule has 0 aliphatic heterocycles. The lowest BCUT2D eigenvalue weighted by Gasteiger charge is -2.10. The van der Waals surface area contributed by atoms with Crippen LogP contribution in [0.2, 0.25) is 0 Å². The topological polar surface area (TPSA) is 118 Å². The van der Waals surface area contributed by atoms with Crippen molar-refractivity contribution in [2.24, 2.45) is 0 Å². The van der Waals surface area contributed by atoms with E-state index in [1.54, 1.807) is 6.92 Å². The number of methoxy groups -OCH3 is 1. The fraction of sp³-hybridized carbons (Fsp3) is 0.312. The summed E-state index contributed by atoms with van der Waals surface area (Å²) < 4.78 is 41.2. The molecule has 2 aromatic heterocycles. The van der Waals surface area contributed by atoms with Crippen molar-refractivity contribution < 1.29 is 27.6 Å². The van der Waals surface area contributed by atoms with E-state index >= 15 is 0 Å². The van der Waals surface area contributed by atoms with E-state index < -0.39 is 11.5 Å². The standard InChI is InChI=1S/C16H15F2N5O5/c1-9-7-13(23(24)25)21-22(9)6-5-14-19-20-15(28-14)10-3-4-11(27-16(17)18)12(8-10)26-2/h3-4,7-8,16H,5-6H2,1-2H3.